The lowest BCUT2D eigenvalue weighted by atomic mass is 10.3. The molecule has 0 saturated carbocycles. The van der Waals surface area contributed by atoms with Gasteiger partial charge in [0.25, 0.3) is 0 Å². The second kappa shape index (κ2) is 4.32. The molecule has 0 aromatic rings. The van der Waals surface area contributed by atoms with Crippen molar-refractivity contribution in [3.8, 4) is 0 Å². The third kappa shape index (κ3) is 2.46. The van der Waals surface area contributed by atoms with Crippen molar-refractivity contribution >= 4 is 5.97 Å². The maximum atomic E-state index is 10.6. The minimum absolute atomic E-state index is 0.306. The summed E-state index contributed by atoms with van der Waals surface area (Å²) in [6.45, 7) is 1.87. The first-order valence-corrected chi connectivity index (χ1v) is 2.86. The van der Waals surface area contributed by atoms with Crippen molar-refractivity contribution in [3.05, 3.63) is 0 Å². The minimum Gasteiger partial charge on any atom is -0.467 e. The Kier molecular flexibility index (Phi) is 4.05. The summed E-state index contributed by atoms with van der Waals surface area (Å²) in [4.78, 5) is 10.6. The predicted molar refractivity (Wildman–Crippen MR) is 33.1 cm³/mol. The first-order chi connectivity index (χ1) is 4.26. The predicted octanol–water partition coefficient (Wildman–Crippen LogP) is 0.584. The Morgan fingerprint density at radius 3 is 2.22 bits per heavy atom. The summed E-state index contributed by atoms with van der Waals surface area (Å²) in [5.74, 6) is -0.306. The summed E-state index contributed by atoms with van der Waals surface area (Å²) in [5, 5.41) is 0. The zero-order chi connectivity index (χ0) is 7.28. The van der Waals surface area contributed by atoms with Crippen LogP contribution >= 0.6 is 0 Å². The Bertz CT molecular complexity index is 86.3. The van der Waals surface area contributed by atoms with Crippen LogP contribution in [0.15, 0.2) is 0 Å². The first-order valence-electron chi connectivity index (χ1n) is 2.86. The van der Waals surface area contributed by atoms with E-state index in [4.69, 9.17) is 4.74 Å². The van der Waals surface area contributed by atoms with Crippen molar-refractivity contribution in [2.45, 2.75) is 19.4 Å². The molecule has 0 saturated heterocycles. The number of esters is 1. The third-order valence-corrected chi connectivity index (χ3v) is 1.12. The van der Waals surface area contributed by atoms with Crippen LogP contribution in [0, 0.1) is 0 Å². The molecule has 0 bridgehead atoms. The van der Waals surface area contributed by atoms with Crippen LogP contribution in [0.25, 0.3) is 0 Å². The molecular formula is C6H12O3. The Morgan fingerprint density at radius 1 is 1.56 bits per heavy atom. The third-order valence-electron chi connectivity index (χ3n) is 1.12. The van der Waals surface area contributed by atoms with Gasteiger partial charge < -0.3 is 9.47 Å². The minimum atomic E-state index is -0.394. The molecule has 9 heavy (non-hydrogen) atoms. The molecule has 0 N–H and O–H groups in total. The maximum absolute atomic E-state index is 10.6. The van der Waals surface area contributed by atoms with E-state index < -0.39 is 6.10 Å². The molecule has 0 rings (SSSR count). The highest BCUT2D eigenvalue weighted by Crippen LogP contribution is 1.96. The van der Waals surface area contributed by atoms with Crippen LogP contribution in [0.1, 0.15) is 13.3 Å². The number of ether oxygens (including phenoxy) is 2. The first kappa shape index (κ1) is 8.43. The molecule has 0 aliphatic carbocycles. The molecule has 3 heteroatoms. The van der Waals surface area contributed by atoms with Crippen LogP contribution < -0.4 is 0 Å². The summed E-state index contributed by atoms with van der Waals surface area (Å²) in [7, 11) is 2.84. The van der Waals surface area contributed by atoms with Crippen LogP contribution in [0.4, 0.5) is 0 Å². The van der Waals surface area contributed by atoms with E-state index in [0.29, 0.717) is 6.42 Å². The molecule has 0 unspecified atom stereocenters. The van der Waals surface area contributed by atoms with E-state index in [-0.39, 0.29) is 5.97 Å². The summed E-state index contributed by atoms with van der Waals surface area (Å²) < 4.78 is 9.21. The molecule has 0 radical (unpaired) electrons. The SMILES string of the molecule is CC[C@@H](OC)C(=O)OC. The molecule has 1 atom stereocenters. The molecule has 54 valence electrons. The molecule has 0 amide bonds. The van der Waals surface area contributed by atoms with Crippen LogP contribution in [0.5, 0.6) is 0 Å². The largest absolute Gasteiger partial charge is 0.467 e. The lowest BCUT2D eigenvalue weighted by Gasteiger charge is -2.08. The lowest BCUT2D eigenvalue weighted by molar-refractivity contribution is -0.152. The highest BCUT2D eigenvalue weighted by molar-refractivity contribution is 5.74. The molecule has 3 nitrogen and oxygen atoms in total. The van der Waals surface area contributed by atoms with Crippen molar-refractivity contribution in [2.24, 2.45) is 0 Å². The fourth-order valence-corrected chi connectivity index (χ4v) is 0.561. The average Bonchev–Trinajstić information content (AvgIpc) is 1.90. The highest BCUT2D eigenvalue weighted by atomic mass is 16.6. The average molecular weight is 132 g/mol. The van der Waals surface area contributed by atoms with Crippen molar-refractivity contribution in [1.29, 1.82) is 0 Å². The topological polar surface area (TPSA) is 35.5 Å². The summed E-state index contributed by atoms with van der Waals surface area (Å²) in [5.41, 5.74) is 0. The van der Waals surface area contributed by atoms with Crippen molar-refractivity contribution in [3.63, 3.8) is 0 Å². The van der Waals surface area contributed by atoms with Gasteiger partial charge in [0.15, 0.2) is 6.10 Å². The summed E-state index contributed by atoms with van der Waals surface area (Å²) >= 11 is 0. The number of carbonyl (C=O) groups excluding carboxylic acids is 1. The van der Waals surface area contributed by atoms with Gasteiger partial charge in [-0.15, -0.1) is 0 Å². The van der Waals surface area contributed by atoms with Gasteiger partial charge in [-0.05, 0) is 6.42 Å². The summed E-state index contributed by atoms with van der Waals surface area (Å²) in [6.07, 6.45) is 0.262. The van der Waals surface area contributed by atoms with Gasteiger partial charge in [0.05, 0.1) is 7.11 Å². The van der Waals surface area contributed by atoms with E-state index in [1.165, 1.54) is 14.2 Å². The monoisotopic (exact) mass is 132 g/mol. The van der Waals surface area contributed by atoms with Crippen molar-refractivity contribution < 1.29 is 14.3 Å². The van der Waals surface area contributed by atoms with E-state index in [0.717, 1.165) is 0 Å². The fraction of sp³-hybridized carbons (Fsp3) is 0.833. The number of carbonyl (C=O) groups is 1. The van der Waals surface area contributed by atoms with Gasteiger partial charge in [-0.3, -0.25) is 0 Å². The molecule has 0 aromatic carbocycles. The van der Waals surface area contributed by atoms with E-state index in [1.54, 1.807) is 0 Å². The zero-order valence-corrected chi connectivity index (χ0v) is 6.01. The molecule has 0 heterocycles. The van der Waals surface area contributed by atoms with Crippen LogP contribution in [0.2, 0.25) is 0 Å². The standard InChI is InChI=1S/C6H12O3/c1-4-5(8-2)6(7)9-3/h5H,4H2,1-3H3/t5-/m1/s1. The second-order valence-electron chi connectivity index (χ2n) is 1.66. The molecule has 0 spiro atoms. The van der Waals surface area contributed by atoms with E-state index in [1.807, 2.05) is 6.92 Å². The number of methoxy groups -OCH3 is 2. The Hall–Kier alpha value is -0.570. The van der Waals surface area contributed by atoms with Crippen LogP contribution in [-0.2, 0) is 14.3 Å². The Morgan fingerprint density at radius 2 is 2.11 bits per heavy atom. The molecule has 0 aromatic heterocycles. The van der Waals surface area contributed by atoms with Crippen molar-refractivity contribution in [2.75, 3.05) is 14.2 Å². The quantitative estimate of drug-likeness (QED) is 0.527. The van der Waals surface area contributed by atoms with Crippen LogP contribution in [0.3, 0.4) is 0 Å². The van der Waals surface area contributed by atoms with Gasteiger partial charge in [0, 0.05) is 7.11 Å². The maximum Gasteiger partial charge on any atom is 0.334 e. The van der Waals surface area contributed by atoms with Gasteiger partial charge in [-0.1, -0.05) is 6.92 Å². The van der Waals surface area contributed by atoms with E-state index in [2.05, 4.69) is 4.74 Å². The van der Waals surface area contributed by atoms with Gasteiger partial charge in [0.1, 0.15) is 0 Å². The lowest BCUT2D eigenvalue weighted by Crippen LogP contribution is -2.22. The molecule has 0 aliphatic heterocycles. The van der Waals surface area contributed by atoms with E-state index in [9.17, 15) is 4.79 Å². The normalized spacial score (nSPS) is 12.8. The van der Waals surface area contributed by atoms with Gasteiger partial charge in [0.2, 0.25) is 0 Å². The smallest absolute Gasteiger partial charge is 0.334 e. The van der Waals surface area contributed by atoms with Gasteiger partial charge >= 0.3 is 5.97 Å². The second-order valence-corrected chi connectivity index (χ2v) is 1.66. The van der Waals surface area contributed by atoms with Crippen molar-refractivity contribution in [1.82, 2.24) is 0 Å². The number of hydrogen-bond acceptors (Lipinski definition) is 3. The van der Waals surface area contributed by atoms with Gasteiger partial charge in [-0.25, -0.2) is 4.79 Å². The van der Waals surface area contributed by atoms with Crippen LogP contribution in [-0.4, -0.2) is 26.3 Å². The molecular weight excluding hydrogens is 120 g/mol. The fourth-order valence-electron chi connectivity index (χ4n) is 0.561. The Balaban J connectivity index is 3.64. The summed E-state index contributed by atoms with van der Waals surface area (Å²) in [6, 6.07) is 0. The number of hydrogen-bond donors (Lipinski definition) is 0. The van der Waals surface area contributed by atoms with Gasteiger partial charge in [-0.2, -0.15) is 0 Å². The Labute approximate surface area is 55.0 Å². The zero-order valence-electron chi connectivity index (χ0n) is 6.01. The van der Waals surface area contributed by atoms with E-state index >= 15 is 0 Å². The molecule has 0 aliphatic rings. The highest BCUT2D eigenvalue weighted by Gasteiger charge is 2.14. The molecule has 0 fully saturated rings. The number of rotatable bonds is 3.